The molecule has 29 heavy (non-hydrogen) atoms. The first-order valence-electron chi connectivity index (χ1n) is 11.8. The minimum absolute atomic E-state index is 0.0746. The Morgan fingerprint density at radius 3 is 2.76 bits per heavy atom. The second-order valence-corrected chi connectivity index (χ2v) is 7.54. The van der Waals surface area contributed by atoms with Gasteiger partial charge in [-0.05, 0) is 43.3 Å². The van der Waals surface area contributed by atoms with Crippen molar-refractivity contribution >= 4 is 27.6 Å². The summed E-state index contributed by atoms with van der Waals surface area (Å²) in [5, 5.41) is 0.974. The average molecular weight is 393 g/mol. The van der Waals surface area contributed by atoms with E-state index >= 15 is 0 Å². The topological polar surface area (TPSA) is 21.4 Å². The molecule has 3 nitrogen and oxygen atoms in total. The fourth-order valence-electron chi connectivity index (χ4n) is 3.74. The zero-order valence-electron chi connectivity index (χ0n) is 21.7. The van der Waals surface area contributed by atoms with Crippen LogP contribution in [0.1, 0.15) is 37.4 Å². The molecule has 0 aliphatic carbocycles. The standard InChI is InChI=1S/C25H24FN2O/c1-14(2)9-17-11-21(28(6)13-20(17)26)24-16(4)10-15(3)23-19-8-7-18(27-5)12-22(19)29-25(23)24/h7-8,10-14H,9H2,1-4,6H3/q+1/i3D3,9D2. The highest BCUT2D eigenvalue weighted by molar-refractivity contribution is 6.12. The predicted molar refractivity (Wildman–Crippen MR) is 115 cm³/mol. The average Bonchev–Trinajstić information content (AvgIpc) is 3.11. The molecule has 0 saturated carbocycles. The van der Waals surface area contributed by atoms with Gasteiger partial charge in [-0.1, -0.05) is 32.0 Å². The second-order valence-electron chi connectivity index (χ2n) is 7.54. The van der Waals surface area contributed by atoms with Crippen molar-refractivity contribution in [3.8, 4) is 11.3 Å². The number of aryl methyl sites for hydroxylation is 3. The molecule has 146 valence electrons. The molecule has 0 unspecified atom stereocenters. The maximum absolute atomic E-state index is 14.9. The number of rotatable bonds is 3. The van der Waals surface area contributed by atoms with Crippen molar-refractivity contribution in [1.82, 2.24) is 0 Å². The lowest BCUT2D eigenvalue weighted by Gasteiger charge is -2.11. The molecule has 0 aliphatic rings. The van der Waals surface area contributed by atoms with E-state index in [9.17, 15) is 4.39 Å². The summed E-state index contributed by atoms with van der Waals surface area (Å²) >= 11 is 0. The first kappa shape index (κ1) is 13.9. The van der Waals surface area contributed by atoms with E-state index < -0.39 is 25.0 Å². The zero-order valence-corrected chi connectivity index (χ0v) is 16.7. The van der Waals surface area contributed by atoms with Crippen LogP contribution in [-0.2, 0) is 13.4 Å². The highest BCUT2D eigenvalue weighted by Crippen LogP contribution is 2.40. The summed E-state index contributed by atoms with van der Waals surface area (Å²) in [4.78, 5) is 3.43. The number of fused-ring (bicyclic) bond motifs is 3. The molecule has 0 radical (unpaired) electrons. The number of halogens is 1. The Morgan fingerprint density at radius 1 is 1.28 bits per heavy atom. The lowest BCUT2D eigenvalue weighted by atomic mass is 9.95. The third kappa shape index (κ3) is 3.17. The number of aromatic nitrogens is 1. The Morgan fingerprint density at radius 2 is 2.07 bits per heavy atom. The Bertz CT molecular complexity index is 1500. The van der Waals surface area contributed by atoms with E-state index in [1.54, 1.807) is 56.7 Å². The van der Waals surface area contributed by atoms with Gasteiger partial charge in [-0.2, -0.15) is 4.57 Å². The molecule has 0 bridgehead atoms. The van der Waals surface area contributed by atoms with Crippen molar-refractivity contribution in [3.63, 3.8) is 0 Å². The summed E-state index contributed by atoms with van der Waals surface area (Å²) in [6.45, 7) is 10.0. The van der Waals surface area contributed by atoms with Gasteiger partial charge in [-0.15, -0.1) is 0 Å². The Balaban J connectivity index is 2.17. The van der Waals surface area contributed by atoms with Crippen LogP contribution in [0.15, 0.2) is 40.9 Å². The van der Waals surface area contributed by atoms with Crippen LogP contribution in [0.2, 0.25) is 0 Å². The van der Waals surface area contributed by atoms with Gasteiger partial charge in [0.1, 0.15) is 18.2 Å². The number of hydrogen-bond donors (Lipinski definition) is 0. The fraction of sp³-hybridized carbons (Fsp3) is 0.280. The van der Waals surface area contributed by atoms with Gasteiger partial charge >= 0.3 is 0 Å². The summed E-state index contributed by atoms with van der Waals surface area (Å²) in [6.07, 6.45) is -0.690. The first-order chi connectivity index (χ1) is 15.8. The molecule has 4 aromatic rings. The summed E-state index contributed by atoms with van der Waals surface area (Å²) in [5.41, 5.74) is 2.73. The van der Waals surface area contributed by atoms with Gasteiger partial charge in [0, 0.05) is 29.3 Å². The zero-order chi connectivity index (χ0) is 25.2. The lowest BCUT2D eigenvalue weighted by Crippen LogP contribution is -2.32. The summed E-state index contributed by atoms with van der Waals surface area (Å²) in [7, 11) is 1.65. The van der Waals surface area contributed by atoms with Gasteiger partial charge < -0.3 is 4.42 Å². The Kier molecular flexibility index (Phi) is 3.36. The quantitative estimate of drug-likeness (QED) is 0.285. The van der Waals surface area contributed by atoms with Gasteiger partial charge in [-0.3, -0.25) is 0 Å². The Labute approximate surface area is 177 Å². The number of hydrogen-bond acceptors (Lipinski definition) is 1. The van der Waals surface area contributed by atoms with E-state index in [1.165, 1.54) is 12.3 Å². The van der Waals surface area contributed by atoms with Gasteiger partial charge in [-0.25, -0.2) is 9.24 Å². The van der Waals surface area contributed by atoms with Crippen LogP contribution < -0.4 is 4.57 Å². The van der Waals surface area contributed by atoms with Crippen molar-refractivity contribution in [2.45, 2.75) is 34.0 Å². The minimum Gasteiger partial charge on any atom is -0.456 e. The first-order valence-corrected chi connectivity index (χ1v) is 9.35. The van der Waals surface area contributed by atoms with E-state index in [2.05, 4.69) is 4.85 Å². The van der Waals surface area contributed by atoms with Crippen molar-refractivity contribution in [2.75, 3.05) is 0 Å². The third-order valence-electron chi connectivity index (χ3n) is 4.98. The molecule has 2 aromatic carbocycles. The van der Waals surface area contributed by atoms with Crippen molar-refractivity contribution in [1.29, 1.82) is 0 Å². The van der Waals surface area contributed by atoms with Crippen molar-refractivity contribution in [2.24, 2.45) is 13.0 Å². The number of benzene rings is 2. The van der Waals surface area contributed by atoms with Crippen LogP contribution in [-0.4, -0.2) is 0 Å². The molecule has 2 heterocycles. The maximum atomic E-state index is 14.9. The molecule has 0 fully saturated rings. The van der Waals surface area contributed by atoms with E-state index in [0.29, 0.717) is 44.4 Å². The van der Waals surface area contributed by atoms with E-state index in [-0.39, 0.29) is 11.1 Å². The number of furan rings is 1. The summed E-state index contributed by atoms with van der Waals surface area (Å²) in [6, 6.07) is 7.92. The van der Waals surface area contributed by atoms with Crippen molar-refractivity contribution in [3.05, 3.63) is 70.5 Å². The van der Waals surface area contributed by atoms with Crippen LogP contribution in [0, 0.1) is 32.1 Å². The van der Waals surface area contributed by atoms with Gasteiger partial charge in [0.15, 0.2) is 11.5 Å². The van der Waals surface area contributed by atoms with Crippen LogP contribution in [0.4, 0.5) is 10.1 Å². The molecule has 0 amide bonds. The van der Waals surface area contributed by atoms with Crippen LogP contribution >= 0.6 is 0 Å². The van der Waals surface area contributed by atoms with E-state index in [0.717, 1.165) is 0 Å². The lowest BCUT2D eigenvalue weighted by molar-refractivity contribution is -0.662. The molecule has 2 aromatic heterocycles. The predicted octanol–water partition coefficient (Wildman–Crippen LogP) is 6.58. The summed E-state index contributed by atoms with van der Waals surface area (Å²) in [5.74, 6) is -1.14. The van der Waals surface area contributed by atoms with E-state index in [1.807, 2.05) is 0 Å². The Hall–Kier alpha value is -3.19. The largest absolute Gasteiger partial charge is 0.456 e. The highest BCUT2D eigenvalue weighted by atomic mass is 19.1. The number of nitrogens with zero attached hydrogens (tertiary/aromatic N) is 2. The molecule has 0 saturated heterocycles. The van der Waals surface area contributed by atoms with Crippen molar-refractivity contribution < 1.29 is 20.2 Å². The number of pyridine rings is 1. The molecule has 0 N–H and O–H groups in total. The molecule has 4 rings (SSSR count). The molecule has 0 aliphatic heterocycles. The fourth-order valence-corrected chi connectivity index (χ4v) is 3.74. The van der Waals surface area contributed by atoms with Crippen LogP contribution in [0.5, 0.6) is 0 Å². The second kappa shape index (κ2) is 7.00. The minimum atomic E-state index is -2.41. The molecular formula is C25H24FN2O+. The highest BCUT2D eigenvalue weighted by Gasteiger charge is 2.24. The van der Waals surface area contributed by atoms with Gasteiger partial charge in [0.25, 0.3) is 0 Å². The molecule has 4 heteroatoms. The smallest absolute Gasteiger partial charge is 0.216 e. The van der Waals surface area contributed by atoms with Gasteiger partial charge in [0.05, 0.1) is 12.1 Å². The summed E-state index contributed by atoms with van der Waals surface area (Å²) < 4.78 is 63.8. The van der Waals surface area contributed by atoms with E-state index in [4.69, 9.17) is 17.8 Å². The SMILES string of the molecule is [2H]C([2H])([2H])c1cc(C)c(-c2cc(C([2H])([2H])C(C)C)c(F)c[n+]2C)c2oc3cc([N+]#[C-])ccc3c12. The molecule has 0 atom stereocenters. The van der Waals surface area contributed by atoms with Gasteiger partial charge in [0.2, 0.25) is 11.9 Å². The third-order valence-corrected chi connectivity index (χ3v) is 4.98. The molecular weight excluding hydrogens is 363 g/mol. The molecule has 0 spiro atoms. The van der Waals surface area contributed by atoms with Crippen LogP contribution in [0.25, 0.3) is 38.0 Å². The maximum Gasteiger partial charge on any atom is 0.216 e. The normalized spacial score (nSPS) is 15.0. The monoisotopic (exact) mass is 392 g/mol. The van der Waals surface area contributed by atoms with Crippen LogP contribution in [0.3, 0.4) is 0 Å².